The minimum absolute atomic E-state index is 0.128. The molecule has 1 rings (SSSR count). The van der Waals surface area contributed by atoms with Crippen LogP contribution in [0.3, 0.4) is 0 Å². The Hall–Kier alpha value is -0.350. The maximum absolute atomic E-state index is 11.1. The van der Waals surface area contributed by atoms with Gasteiger partial charge >= 0.3 is 0 Å². The Morgan fingerprint density at radius 1 is 1.19 bits per heavy atom. The third-order valence-corrected chi connectivity index (χ3v) is 4.09. The van der Waals surface area contributed by atoms with E-state index in [0.717, 1.165) is 6.42 Å². The Morgan fingerprint density at radius 2 is 1.88 bits per heavy atom. The lowest BCUT2D eigenvalue weighted by atomic mass is 10.1. The van der Waals surface area contributed by atoms with Crippen molar-refractivity contribution in [3.8, 4) is 0 Å². The van der Waals surface area contributed by atoms with Crippen LogP contribution in [-0.2, 0) is 14.6 Å². The predicted molar refractivity (Wildman–Crippen MR) is 66.0 cm³/mol. The number of hydrogen-bond acceptors (Lipinski definition) is 3. The molecule has 0 spiro atoms. The normalized spacial score (nSPS) is 22.7. The van der Waals surface area contributed by atoms with Crippen molar-refractivity contribution in [1.29, 1.82) is 0 Å². The molecule has 1 aliphatic heterocycles. The first-order valence-corrected chi connectivity index (χ1v) is 7.88. The van der Waals surface area contributed by atoms with Crippen LogP contribution in [-0.4, -0.2) is 26.9 Å². The van der Waals surface area contributed by atoms with Crippen LogP contribution in [0.25, 0.3) is 0 Å². The molecule has 1 aliphatic rings. The van der Waals surface area contributed by atoms with Crippen LogP contribution in [0.2, 0.25) is 0 Å². The van der Waals surface area contributed by atoms with E-state index in [0.29, 0.717) is 6.61 Å². The molecule has 0 amide bonds. The van der Waals surface area contributed by atoms with Gasteiger partial charge < -0.3 is 4.74 Å². The van der Waals surface area contributed by atoms with Crippen LogP contribution in [0.5, 0.6) is 0 Å². The smallest absolute Gasteiger partial charge is 0.174 e. The van der Waals surface area contributed by atoms with Crippen molar-refractivity contribution in [3.05, 3.63) is 11.5 Å². The molecule has 0 unspecified atom stereocenters. The van der Waals surface area contributed by atoms with Crippen LogP contribution in [0.15, 0.2) is 11.5 Å². The summed E-state index contributed by atoms with van der Waals surface area (Å²) in [7, 11) is -2.96. The highest BCUT2D eigenvalue weighted by atomic mass is 32.2. The molecular formula is C12H22O3S. The first-order chi connectivity index (χ1) is 7.64. The average molecular weight is 246 g/mol. The highest BCUT2D eigenvalue weighted by molar-refractivity contribution is 7.94. The Bertz CT molecular complexity index is 306. The maximum Gasteiger partial charge on any atom is 0.174 e. The zero-order chi connectivity index (χ0) is 11.9. The van der Waals surface area contributed by atoms with Gasteiger partial charge in [0.15, 0.2) is 9.84 Å². The summed E-state index contributed by atoms with van der Waals surface area (Å²) in [5, 5.41) is 1.26. The molecule has 1 heterocycles. The molecule has 0 aromatic rings. The van der Waals surface area contributed by atoms with Gasteiger partial charge in [-0.1, -0.05) is 39.0 Å². The molecule has 0 bridgehead atoms. The summed E-state index contributed by atoms with van der Waals surface area (Å²) in [5.41, 5.74) is 0. The van der Waals surface area contributed by atoms with Crippen LogP contribution in [0.4, 0.5) is 0 Å². The molecule has 94 valence electrons. The molecule has 0 aromatic carbocycles. The summed E-state index contributed by atoms with van der Waals surface area (Å²) in [6.45, 7) is 2.88. The standard InChI is InChI=1S/C12H22O3S/c1-2-3-4-5-6-7-9-15-12-8-10-16(13,14)11-12/h8,10,12H,2-7,9,11H2,1H3/t12-/m1/s1. The summed E-state index contributed by atoms with van der Waals surface area (Å²) in [6.07, 6.45) is 8.79. The minimum atomic E-state index is -2.96. The molecule has 0 aromatic heterocycles. The molecule has 0 aliphatic carbocycles. The van der Waals surface area contributed by atoms with E-state index >= 15 is 0 Å². The fourth-order valence-electron chi connectivity index (χ4n) is 1.77. The van der Waals surface area contributed by atoms with Crippen molar-refractivity contribution in [1.82, 2.24) is 0 Å². The summed E-state index contributed by atoms with van der Waals surface area (Å²) in [6, 6.07) is 0. The van der Waals surface area contributed by atoms with E-state index in [2.05, 4.69) is 6.92 Å². The van der Waals surface area contributed by atoms with Gasteiger partial charge in [-0.25, -0.2) is 8.42 Å². The van der Waals surface area contributed by atoms with Crippen molar-refractivity contribution in [2.24, 2.45) is 0 Å². The second-order valence-electron chi connectivity index (χ2n) is 4.34. The second kappa shape index (κ2) is 7.07. The molecule has 1 atom stereocenters. The molecule has 0 radical (unpaired) electrons. The van der Waals surface area contributed by atoms with E-state index in [1.54, 1.807) is 6.08 Å². The molecule has 0 fully saturated rings. The number of ether oxygens (including phenoxy) is 1. The van der Waals surface area contributed by atoms with Crippen LogP contribution in [0, 0.1) is 0 Å². The van der Waals surface area contributed by atoms with Crippen LogP contribution >= 0.6 is 0 Å². The van der Waals surface area contributed by atoms with Gasteiger partial charge in [-0.05, 0) is 12.5 Å². The molecular weight excluding hydrogens is 224 g/mol. The van der Waals surface area contributed by atoms with Crippen LogP contribution < -0.4 is 0 Å². The third kappa shape index (κ3) is 5.66. The van der Waals surface area contributed by atoms with Crippen molar-refractivity contribution in [2.75, 3.05) is 12.4 Å². The quantitative estimate of drug-likeness (QED) is 0.618. The number of hydrogen-bond donors (Lipinski definition) is 0. The van der Waals surface area contributed by atoms with E-state index < -0.39 is 9.84 Å². The molecule has 0 saturated carbocycles. The highest BCUT2D eigenvalue weighted by Crippen LogP contribution is 2.12. The maximum atomic E-state index is 11.1. The van der Waals surface area contributed by atoms with E-state index in [-0.39, 0.29) is 11.9 Å². The van der Waals surface area contributed by atoms with Gasteiger partial charge in [0, 0.05) is 12.0 Å². The van der Waals surface area contributed by atoms with Crippen molar-refractivity contribution < 1.29 is 13.2 Å². The Kier molecular flexibility index (Phi) is 6.06. The highest BCUT2D eigenvalue weighted by Gasteiger charge is 2.21. The number of rotatable bonds is 8. The van der Waals surface area contributed by atoms with Crippen molar-refractivity contribution in [2.45, 2.75) is 51.6 Å². The van der Waals surface area contributed by atoms with Gasteiger partial charge in [0.25, 0.3) is 0 Å². The molecule has 4 heteroatoms. The van der Waals surface area contributed by atoms with Gasteiger partial charge in [-0.3, -0.25) is 0 Å². The van der Waals surface area contributed by atoms with Crippen molar-refractivity contribution >= 4 is 9.84 Å². The summed E-state index contributed by atoms with van der Waals surface area (Å²) in [4.78, 5) is 0. The van der Waals surface area contributed by atoms with E-state index in [9.17, 15) is 8.42 Å². The lowest BCUT2D eigenvalue weighted by molar-refractivity contribution is 0.0974. The minimum Gasteiger partial charge on any atom is -0.373 e. The Balaban J connectivity index is 1.95. The van der Waals surface area contributed by atoms with E-state index in [4.69, 9.17) is 4.74 Å². The average Bonchev–Trinajstić information content (AvgIpc) is 2.57. The topological polar surface area (TPSA) is 43.4 Å². The molecule has 0 saturated heterocycles. The summed E-state index contributed by atoms with van der Waals surface area (Å²) in [5.74, 6) is 0.128. The van der Waals surface area contributed by atoms with Gasteiger partial charge in [0.1, 0.15) is 0 Å². The lowest BCUT2D eigenvalue weighted by Gasteiger charge is -2.08. The largest absolute Gasteiger partial charge is 0.373 e. The Morgan fingerprint density at radius 3 is 2.50 bits per heavy atom. The molecule has 3 nitrogen and oxygen atoms in total. The predicted octanol–water partition coefficient (Wildman–Crippen LogP) is 2.67. The van der Waals surface area contributed by atoms with Crippen LogP contribution in [0.1, 0.15) is 45.4 Å². The summed E-state index contributed by atoms with van der Waals surface area (Å²) < 4.78 is 27.6. The monoisotopic (exact) mass is 246 g/mol. The summed E-state index contributed by atoms with van der Waals surface area (Å²) >= 11 is 0. The van der Waals surface area contributed by atoms with Gasteiger partial charge in [0.2, 0.25) is 0 Å². The third-order valence-electron chi connectivity index (χ3n) is 2.73. The van der Waals surface area contributed by atoms with Gasteiger partial charge in [0.05, 0.1) is 11.9 Å². The zero-order valence-corrected chi connectivity index (χ0v) is 10.8. The van der Waals surface area contributed by atoms with Crippen molar-refractivity contribution in [3.63, 3.8) is 0 Å². The fourth-order valence-corrected chi connectivity index (χ4v) is 2.96. The molecule has 16 heavy (non-hydrogen) atoms. The Labute approximate surface area is 98.8 Å². The molecule has 0 N–H and O–H groups in total. The van der Waals surface area contributed by atoms with E-state index in [1.165, 1.54) is 37.5 Å². The lowest BCUT2D eigenvalue weighted by Crippen LogP contribution is -2.15. The number of sulfone groups is 1. The SMILES string of the molecule is CCCCCCCCO[C@@H]1C=CS(=O)(=O)C1. The second-order valence-corrected chi connectivity index (χ2v) is 6.27. The van der Waals surface area contributed by atoms with E-state index in [1.807, 2.05) is 0 Å². The first-order valence-electron chi connectivity index (χ1n) is 6.16. The zero-order valence-electron chi connectivity index (χ0n) is 10.0. The van der Waals surface area contributed by atoms with Gasteiger partial charge in [-0.15, -0.1) is 0 Å². The first kappa shape index (κ1) is 13.7. The fraction of sp³-hybridized carbons (Fsp3) is 0.833. The van der Waals surface area contributed by atoms with Gasteiger partial charge in [-0.2, -0.15) is 0 Å². The number of unbranched alkanes of at least 4 members (excludes halogenated alkanes) is 5.